The van der Waals surface area contributed by atoms with Crippen molar-refractivity contribution in [3.05, 3.63) is 47.5 Å². The van der Waals surface area contributed by atoms with Crippen LogP contribution in [0.25, 0.3) is 9.75 Å². The second-order valence-electron chi connectivity index (χ2n) is 6.35. The summed E-state index contributed by atoms with van der Waals surface area (Å²) in [5.41, 5.74) is 0. The molecule has 3 rings (SSSR count). The highest BCUT2D eigenvalue weighted by molar-refractivity contribution is 7.22. The molecule has 0 saturated heterocycles. The summed E-state index contributed by atoms with van der Waals surface area (Å²) in [5.74, 6) is 1.51. The molecule has 0 aliphatic heterocycles. The molecule has 0 aliphatic carbocycles. The van der Waals surface area contributed by atoms with E-state index in [4.69, 9.17) is 9.47 Å². The molecule has 2 aromatic heterocycles. The van der Waals surface area contributed by atoms with Crippen molar-refractivity contribution in [3.63, 3.8) is 0 Å². The van der Waals surface area contributed by atoms with Gasteiger partial charge in [-0.15, -0.1) is 11.3 Å². The van der Waals surface area contributed by atoms with E-state index in [1.54, 1.807) is 11.3 Å². The first-order valence-electron chi connectivity index (χ1n) is 8.68. The maximum Gasteiger partial charge on any atom is 0.279 e. The maximum atomic E-state index is 11.2. The fourth-order valence-corrected chi connectivity index (χ4v) is 4.34. The van der Waals surface area contributed by atoms with Gasteiger partial charge >= 0.3 is 0 Å². The number of carbonyl (C=O) groups is 1. The molecule has 1 atom stereocenters. The summed E-state index contributed by atoms with van der Waals surface area (Å²) in [6.45, 7) is 7.49. The summed E-state index contributed by atoms with van der Waals surface area (Å²) < 4.78 is 11.5. The number of nitrogens with one attached hydrogen (secondary N) is 1. The molecule has 2 heterocycles. The van der Waals surface area contributed by atoms with Gasteiger partial charge in [0.25, 0.3) is 5.19 Å². The molecule has 1 unspecified atom stereocenters. The van der Waals surface area contributed by atoms with E-state index in [9.17, 15) is 4.79 Å². The molecule has 0 bridgehead atoms. The van der Waals surface area contributed by atoms with Crippen LogP contribution in [0.1, 0.15) is 38.6 Å². The minimum absolute atomic E-state index is 0.00327. The van der Waals surface area contributed by atoms with Crippen molar-refractivity contribution in [3.8, 4) is 26.4 Å². The molecule has 0 saturated carbocycles. The molecule has 27 heavy (non-hydrogen) atoms. The van der Waals surface area contributed by atoms with Gasteiger partial charge in [0.15, 0.2) is 0 Å². The van der Waals surface area contributed by atoms with Crippen molar-refractivity contribution >= 4 is 28.6 Å². The van der Waals surface area contributed by atoms with E-state index >= 15 is 0 Å². The first kappa shape index (κ1) is 19.4. The zero-order valence-electron chi connectivity index (χ0n) is 15.7. The second-order valence-corrected chi connectivity index (χ2v) is 8.46. The zero-order valence-corrected chi connectivity index (χ0v) is 17.3. The standard InChI is InChI=1S/C20H22N2O3S2/c1-12(2)24-15-5-7-16(8-6-15)25-20-21-11-19(27-20)18-10-9-17(26-18)13(3)22-14(4)23/h5-13H,1-4H3,(H,22,23). The number of hydrogen-bond acceptors (Lipinski definition) is 6. The normalized spacial score (nSPS) is 12.0. The smallest absolute Gasteiger partial charge is 0.279 e. The van der Waals surface area contributed by atoms with Gasteiger partial charge in [0.05, 0.1) is 23.2 Å². The Bertz CT molecular complexity index is 900. The fraction of sp³-hybridized carbons (Fsp3) is 0.300. The van der Waals surface area contributed by atoms with Gasteiger partial charge in [-0.1, -0.05) is 11.3 Å². The average Bonchev–Trinajstić information content (AvgIpc) is 3.25. The van der Waals surface area contributed by atoms with Crippen LogP contribution >= 0.6 is 22.7 Å². The van der Waals surface area contributed by atoms with E-state index in [-0.39, 0.29) is 18.1 Å². The van der Waals surface area contributed by atoms with Crippen LogP contribution in [0, 0.1) is 0 Å². The van der Waals surface area contributed by atoms with Crippen LogP contribution < -0.4 is 14.8 Å². The highest BCUT2D eigenvalue weighted by Gasteiger charge is 2.13. The van der Waals surface area contributed by atoms with Gasteiger partial charge in [-0.3, -0.25) is 4.79 Å². The van der Waals surface area contributed by atoms with Crippen molar-refractivity contribution in [1.29, 1.82) is 0 Å². The average molecular weight is 403 g/mol. The molecule has 3 aromatic rings. The highest BCUT2D eigenvalue weighted by Crippen LogP contribution is 2.38. The molecule has 0 spiro atoms. The molecule has 0 aliphatic rings. The predicted octanol–water partition coefficient (Wildman–Crippen LogP) is 5.65. The summed E-state index contributed by atoms with van der Waals surface area (Å²) >= 11 is 3.14. The van der Waals surface area contributed by atoms with E-state index in [1.165, 1.54) is 18.3 Å². The monoisotopic (exact) mass is 402 g/mol. The lowest BCUT2D eigenvalue weighted by Crippen LogP contribution is -2.22. The molecule has 7 heteroatoms. The van der Waals surface area contributed by atoms with Gasteiger partial charge in [-0.05, 0) is 57.2 Å². The van der Waals surface area contributed by atoms with Gasteiger partial charge in [0, 0.05) is 16.7 Å². The van der Waals surface area contributed by atoms with Crippen molar-refractivity contribution in [2.75, 3.05) is 0 Å². The molecule has 1 amide bonds. The summed E-state index contributed by atoms with van der Waals surface area (Å²) in [5, 5.41) is 3.49. The molecular formula is C20H22N2O3S2. The third kappa shape index (κ3) is 5.30. The first-order valence-corrected chi connectivity index (χ1v) is 10.3. The summed E-state index contributed by atoms with van der Waals surface area (Å²) in [6.07, 6.45) is 1.96. The van der Waals surface area contributed by atoms with Crippen LogP contribution in [0.5, 0.6) is 16.7 Å². The summed E-state index contributed by atoms with van der Waals surface area (Å²) in [6, 6.07) is 11.6. The maximum absolute atomic E-state index is 11.2. The van der Waals surface area contributed by atoms with Crippen molar-refractivity contribution in [2.45, 2.75) is 39.8 Å². The number of nitrogens with zero attached hydrogens (tertiary/aromatic N) is 1. The Morgan fingerprint density at radius 3 is 2.37 bits per heavy atom. The molecule has 0 fully saturated rings. The van der Waals surface area contributed by atoms with Gasteiger partial charge in [-0.25, -0.2) is 4.98 Å². The Labute approximate surface area is 167 Å². The number of thiazole rings is 1. The molecule has 0 radical (unpaired) electrons. The molecule has 5 nitrogen and oxygen atoms in total. The van der Waals surface area contributed by atoms with E-state index < -0.39 is 0 Å². The van der Waals surface area contributed by atoms with Gasteiger partial charge < -0.3 is 14.8 Å². The lowest BCUT2D eigenvalue weighted by molar-refractivity contribution is -0.119. The minimum Gasteiger partial charge on any atom is -0.491 e. The number of benzene rings is 1. The third-order valence-electron chi connectivity index (χ3n) is 3.60. The lowest BCUT2D eigenvalue weighted by atomic mass is 10.2. The number of aromatic nitrogens is 1. The third-order valence-corrected chi connectivity index (χ3v) is 5.94. The number of carbonyl (C=O) groups excluding carboxylic acids is 1. The van der Waals surface area contributed by atoms with E-state index in [1.807, 2.05) is 63.4 Å². The largest absolute Gasteiger partial charge is 0.491 e. The van der Waals surface area contributed by atoms with Crippen LogP contribution in [0.3, 0.4) is 0 Å². The molecular weight excluding hydrogens is 380 g/mol. The topological polar surface area (TPSA) is 60.5 Å². The number of rotatable bonds is 7. The fourth-order valence-electron chi connectivity index (χ4n) is 2.47. The first-order chi connectivity index (χ1) is 12.9. The van der Waals surface area contributed by atoms with Crippen LogP contribution in [-0.4, -0.2) is 17.0 Å². The Balaban J connectivity index is 1.66. The molecule has 142 valence electrons. The second kappa shape index (κ2) is 8.54. The number of thiophene rings is 1. The lowest BCUT2D eigenvalue weighted by Gasteiger charge is -2.09. The van der Waals surface area contributed by atoms with Gasteiger partial charge in [0.2, 0.25) is 5.91 Å². The van der Waals surface area contributed by atoms with E-state index in [2.05, 4.69) is 10.3 Å². The zero-order chi connectivity index (χ0) is 19.4. The van der Waals surface area contributed by atoms with Crippen LogP contribution in [0.2, 0.25) is 0 Å². The van der Waals surface area contributed by atoms with Crippen LogP contribution in [-0.2, 0) is 4.79 Å². The number of amides is 1. The predicted molar refractivity (Wildman–Crippen MR) is 110 cm³/mol. The Hall–Kier alpha value is -2.38. The molecule has 1 N–H and O–H groups in total. The quantitative estimate of drug-likeness (QED) is 0.555. The van der Waals surface area contributed by atoms with E-state index in [0.29, 0.717) is 5.19 Å². The van der Waals surface area contributed by atoms with Crippen LogP contribution in [0.4, 0.5) is 0 Å². The number of hydrogen-bond donors (Lipinski definition) is 1. The highest BCUT2D eigenvalue weighted by atomic mass is 32.1. The summed E-state index contributed by atoms with van der Waals surface area (Å²) in [4.78, 5) is 18.8. The SMILES string of the molecule is CC(=O)NC(C)c1ccc(-c2cnc(Oc3ccc(OC(C)C)cc3)s2)s1. The van der Waals surface area contributed by atoms with Crippen molar-refractivity contribution in [1.82, 2.24) is 10.3 Å². The molecule has 1 aromatic carbocycles. The van der Waals surface area contributed by atoms with Crippen molar-refractivity contribution in [2.24, 2.45) is 0 Å². The van der Waals surface area contributed by atoms with E-state index in [0.717, 1.165) is 26.1 Å². The summed E-state index contributed by atoms with van der Waals surface area (Å²) in [7, 11) is 0. The van der Waals surface area contributed by atoms with Crippen LogP contribution in [0.15, 0.2) is 42.6 Å². The van der Waals surface area contributed by atoms with Gasteiger partial charge in [-0.2, -0.15) is 0 Å². The Morgan fingerprint density at radius 2 is 1.70 bits per heavy atom. The Kier molecular flexibility index (Phi) is 6.13. The van der Waals surface area contributed by atoms with Crippen molar-refractivity contribution < 1.29 is 14.3 Å². The minimum atomic E-state index is -0.0317. The number of ether oxygens (including phenoxy) is 2. The Morgan fingerprint density at radius 1 is 1.00 bits per heavy atom. The van der Waals surface area contributed by atoms with Gasteiger partial charge in [0.1, 0.15) is 11.5 Å².